The predicted molar refractivity (Wildman–Crippen MR) is 45.1 cm³/mol. The Bertz CT molecular complexity index is 392. The van der Waals surface area contributed by atoms with Crippen LogP contribution in [0.2, 0.25) is 0 Å². The maximum absolute atomic E-state index is 10.3. The molecule has 0 unspecified atom stereocenters. The summed E-state index contributed by atoms with van der Waals surface area (Å²) >= 11 is 0. The first kappa shape index (κ1) is 7.67. The summed E-state index contributed by atoms with van der Waals surface area (Å²) in [5, 5.41) is 0. The van der Waals surface area contributed by atoms with Crippen LogP contribution >= 0.6 is 0 Å². The third-order valence-corrected chi connectivity index (χ3v) is 1.62. The zero-order chi connectivity index (χ0) is 9.10. The van der Waals surface area contributed by atoms with Crippen molar-refractivity contribution >= 4 is 6.29 Å². The maximum atomic E-state index is 10.3. The van der Waals surface area contributed by atoms with Crippen molar-refractivity contribution in [2.75, 3.05) is 0 Å². The van der Waals surface area contributed by atoms with Gasteiger partial charge < -0.3 is 4.42 Å². The Hall–Kier alpha value is -1.97. The van der Waals surface area contributed by atoms with Gasteiger partial charge in [-0.3, -0.25) is 9.78 Å². The lowest BCUT2D eigenvalue weighted by molar-refractivity contribution is 0.111. The molecule has 0 bridgehead atoms. The van der Waals surface area contributed by atoms with E-state index in [-0.39, 0.29) is 0 Å². The summed E-state index contributed by atoms with van der Waals surface area (Å²) in [5.74, 6) is 0.643. The molecule has 0 aromatic carbocycles. The van der Waals surface area contributed by atoms with Gasteiger partial charge >= 0.3 is 0 Å². The molecule has 2 heterocycles. The van der Waals surface area contributed by atoms with Crippen molar-refractivity contribution in [1.29, 1.82) is 0 Å². The average Bonchev–Trinajstić information content (AvgIpc) is 2.71. The van der Waals surface area contributed by atoms with E-state index in [4.69, 9.17) is 4.42 Å². The molecule has 13 heavy (non-hydrogen) atoms. The molecule has 0 atom stereocenters. The minimum Gasteiger partial charge on any atom is -0.443 e. The van der Waals surface area contributed by atoms with Gasteiger partial charge in [-0.15, -0.1) is 0 Å². The fourth-order valence-electron chi connectivity index (χ4n) is 0.979. The maximum Gasteiger partial charge on any atom is 0.181 e. The highest BCUT2D eigenvalue weighted by Crippen LogP contribution is 2.16. The summed E-state index contributed by atoms with van der Waals surface area (Å²) in [6, 6.07) is 3.39. The van der Waals surface area contributed by atoms with E-state index in [1.165, 1.54) is 6.39 Å². The van der Waals surface area contributed by atoms with Crippen LogP contribution in [0, 0.1) is 0 Å². The third-order valence-electron chi connectivity index (χ3n) is 1.62. The molecule has 2 rings (SSSR count). The van der Waals surface area contributed by atoms with Crippen LogP contribution in [0.25, 0.3) is 11.3 Å². The van der Waals surface area contributed by atoms with E-state index in [9.17, 15) is 4.79 Å². The van der Waals surface area contributed by atoms with Gasteiger partial charge in [0, 0.05) is 11.8 Å². The normalized spacial score (nSPS) is 9.85. The number of carbonyl (C=O) groups excluding carboxylic acids is 1. The van der Waals surface area contributed by atoms with Crippen molar-refractivity contribution in [1.82, 2.24) is 9.97 Å². The molecule has 0 fully saturated rings. The molecule has 2 aromatic rings. The third kappa shape index (κ3) is 1.46. The molecule has 0 saturated carbocycles. The van der Waals surface area contributed by atoms with Crippen molar-refractivity contribution in [3.63, 3.8) is 0 Å². The van der Waals surface area contributed by atoms with Crippen molar-refractivity contribution in [3.8, 4) is 11.3 Å². The number of hydrogen-bond donors (Lipinski definition) is 0. The Labute approximate surface area is 74.2 Å². The highest BCUT2D eigenvalue weighted by molar-refractivity contribution is 5.72. The van der Waals surface area contributed by atoms with Crippen LogP contribution in [-0.4, -0.2) is 16.3 Å². The first-order valence-corrected chi connectivity index (χ1v) is 3.70. The molecular weight excluding hydrogens is 168 g/mol. The van der Waals surface area contributed by atoms with Gasteiger partial charge in [0.15, 0.2) is 18.4 Å². The van der Waals surface area contributed by atoms with Gasteiger partial charge in [-0.2, -0.15) is 0 Å². The van der Waals surface area contributed by atoms with Crippen molar-refractivity contribution < 1.29 is 9.21 Å². The number of nitrogens with zero attached hydrogens (tertiary/aromatic N) is 2. The molecule has 4 nitrogen and oxygen atoms in total. The highest BCUT2D eigenvalue weighted by atomic mass is 16.3. The summed E-state index contributed by atoms with van der Waals surface area (Å²) in [5.41, 5.74) is 1.21. The second-order valence-corrected chi connectivity index (χ2v) is 2.46. The fourth-order valence-corrected chi connectivity index (χ4v) is 0.979. The number of aromatic nitrogens is 2. The molecule has 2 aromatic heterocycles. The van der Waals surface area contributed by atoms with Crippen molar-refractivity contribution in [3.05, 3.63) is 36.6 Å². The first-order valence-electron chi connectivity index (χ1n) is 3.70. The van der Waals surface area contributed by atoms with E-state index in [0.29, 0.717) is 17.7 Å². The summed E-state index contributed by atoms with van der Waals surface area (Å²) in [6.07, 6.45) is 5.22. The van der Waals surface area contributed by atoms with Gasteiger partial charge in [0.25, 0.3) is 0 Å². The van der Waals surface area contributed by atoms with E-state index in [0.717, 1.165) is 5.56 Å². The number of rotatable bonds is 2. The lowest BCUT2D eigenvalue weighted by Gasteiger charge is -1.94. The number of aldehydes is 1. The second-order valence-electron chi connectivity index (χ2n) is 2.46. The second kappa shape index (κ2) is 3.18. The van der Waals surface area contributed by atoms with Crippen molar-refractivity contribution in [2.45, 2.75) is 0 Å². The van der Waals surface area contributed by atoms with Crippen LogP contribution < -0.4 is 0 Å². The van der Waals surface area contributed by atoms with Gasteiger partial charge in [0.2, 0.25) is 0 Å². The largest absolute Gasteiger partial charge is 0.443 e. The van der Waals surface area contributed by atoms with Crippen LogP contribution in [0.1, 0.15) is 10.5 Å². The molecule has 0 aliphatic rings. The Kier molecular flexibility index (Phi) is 1.88. The van der Waals surface area contributed by atoms with Crippen molar-refractivity contribution in [2.24, 2.45) is 0 Å². The van der Waals surface area contributed by atoms with E-state index in [1.807, 2.05) is 0 Å². The Morgan fingerprint density at radius 3 is 2.77 bits per heavy atom. The lowest BCUT2D eigenvalue weighted by atomic mass is 10.2. The Morgan fingerprint density at radius 2 is 2.23 bits per heavy atom. The Morgan fingerprint density at radius 1 is 1.31 bits per heavy atom. The molecular formula is C9H6N2O2. The lowest BCUT2D eigenvalue weighted by Crippen LogP contribution is -1.85. The van der Waals surface area contributed by atoms with Gasteiger partial charge in [-0.25, -0.2) is 4.98 Å². The summed E-state index contributed by atoms with van der Waals surface area (Å²) in [4.78, 5) is 18.0. The van der Waals surface area contributed by atoms with Crippen LogP contribution in [0.3, 0.4) is 0 Å². The van der Waals surface area contributed by atoms with E-state index in [2.05, 4.69) is 9.97 Å². The first-order chi connectivity index (χ1) is 6.40. The van der Waals surface area contributed by atoms with Crippen LogP contribution in [0.15, 0.2) is 35.3 Å². The smallest absolute Gasteiger partial charge is 0.181 e. The van der Waals surface area contributed by atoms with Crippen LogP contribution in [-0.2, 0) is 0 Å². The fraction of sp³-hybridized carbons (Fsp3) is 0. The molecule has 0 spiro atoms. The summed E-state index contributed by atoms with van der Waals surface area (Å²) in [7, 11) is 0. The minimum absolute atomic E-state index is 0.406. The number of carbonyl (C=O) groups is 1. The topological polar surface area (TPSA) is 56.0 Å². The average molecular weight is 174 g/mol. The number of pyridine rings is 1. The molecule has 0 radical (unpaired) electrons. The zero-order valence-electron chi connectivity index (χ0n) is 6.68. The van der Waals surface area contributed by atoms with E-state index < -0.39 is 0 Å². The Balaban J connectivity index is 2.38. The van der Waals surface area contributed by atoms with Gasteiger partial charge in [-0.1, -0.05) is 0 Å². The van der Waals surface area contributed by atoms with Crippen LogP contribution in [0.5, 0.6) is 0 Å². The molecule has 4 heteroatoms. The van der Waals surface area contributed by atoms with Crippen LogP contribution in [0.4, 0.5) is 0 Å². The number of oxazole rings is 1. The monoisotopic (exact) mass is 174 g/mol. The van der Waals surface area contributed by atoms with Gasteiger partial charge in [-0.05, 0) is 12.1 Å². The van der Waals surface area contributed by atoms with Gasteiger partial charge in [0.1, 0.15) is 5.69 Å². The molecule has 0 aliphatic carbocycles. The predicted octanol–water partition coefficient (Wildman–Crippen LogP) is 1.55. The SMILES string of the molecule is O=Cc1ccc(-c2cnco2)cn1. The molecule has 64 valence electrons. The molecule has 0 N–H and O–H groups in total. The summed E-state index contributed by atoms with van der Waals surface area (Å²) in [6.45, 7) is 0. The summed E-state index contributed by atoms with van der Waals surface area (Å²) < 4.78 is 5.05. The quantitative estimate of drug-likeness (QED) is 0.648. The molecule has 0 aliphatic heterocycles. The highest BCUT2D eigenvalue weighted by Gasteiger charge is 2.00. The molecule has 0 saturated heterocycles. The van der Waals surface area contributed by atoms with E-state index in [1.54, 1.807) is 24.5 Å². The minimum atomic E-state index is 0.406. The standard InChI is InChI=1S/C9H6N2O2/c12-5-8-2-1-7(3-11-8)9-4-10-6-13-9/h1-6H. The van der Waals surface area contributed by atoms with E-state index >= 15 is 0 Å². The van der Waals surface area contributed by atoms with Gasteiger partial charge in [0.05, 0.1) is 6.20 Å². The molecule has 0 amide bonds. The zero-order valence-corrected chi connectivity index (χ0v) is 6.68. The number of hydrogen-bond acceptors (Lipinski definition) is 4.